The average Bonchev–Trinajstić information content (AvgIpc) is 3.36. The number of unbranched alkanes of at least 4 members (excludes halogenated alkanes) is 3. The van der Waals surface area contributed by atoms with E-state index in [1.165, 1.54) is 10.6 Å². The Bertz CT molecular complexity index is 2910. The molecule has 4 aromatic rings. The molecule has 0 saturated heterocycles. The Morgan fingerprint density at radius 1 is 0.608 bits per heavy atom. The Balaban J connectivity index is 0.783. The first-order valence-electron chi connectivity index (χ1n) is 24.1. The minimum Gasteiger partial charge on any atom is -0.491 e. The summed E-state index contributed by atoms with van der Waals surface area (Å²) in [5.74, 6) is 0.0168. The van der Waals surface area contributed by atoms with E-state index in [4.69, 9.17) is 33.2 Å². The summed E-state index contributed by atoms with van der Waals surface area (Å²) in [7, 11) is 1.62. The molecule has 2 amide bonds. The highest BCUT2D eigenvalue weighted by atomic mass is 19.4. The molecule has 0 aliphatic carbocycles. The van der Waals surface area contributed by atoms with E-state index in [0.717, 1.165) is 28.7 Å². The molecule has 1 aromatic heterocycles. The van der Waals surface area contributed by atoms with Crippen LogP contribution in [0.25, 0.3) is 33.3 Å². The molecule has 2 aliphatic heterocycles. The minimum absolute atomic E-state index is 0.00359. The summed E-state index contributed by atoms with van der Waals surface area (Å²) in [6.45, 7) is 2.98. The van der Waals surface area contributed by atoms with Crippen LogP contribution in [-0.2, 0) is 55.6 Å². The van der Waals surface area contributed by atoms with Crippen LogP contribution in [-0.4, -0.2) is 115 Å². The molecule has 20 nitrogen and oxygen atoms in total. The highest BCUT2D eigenvalue weighted by Crippen LogP contribution is 2.33. The quantitative estimate of drug-likeness (QED) is 0.0229. The molecular formula is C51H58F3N7O13. The zero-order chi connectivity index (χ0) is 52.7. The first kappa shape index (κ1) is 55.8. The number of nitrogens with zero attached hydrogens (tertiary/aromatic N) is 4. The van der Waals surface area contributed by atoms with Gasteiger partial charge in [-0.2, -0.15) is 18.2 Å². The van der Waals surface area contributed by atoms with Gasteiger partial charge in [0.2, 0.25) is 11.8 Å². The van der Waals surface area contributed by atoms with Crippen molar-refractivity contribution in [2.45, 2.75) is 76.9 Å². The summed E-state index contributed by atoms with van der Waals surface area (Å²) in [5, 5.41) is 7.09. The Kier molecular flexibility index (Phi) is 21.6. The molecule has 0 fully saturated rings. The number of ether oxygens (including phenoxy) is 7. The summed E-state index contributed by atoms with van der Waals surface area (Å²) in [4.78, 5) is 88.3. The number of aromatic nitrogens is 5. The predicted molar refractivity (Wildman–Crippen MR) is 264 cm³/mol. The number of esters is 2. The summed E-state index contributed by atoms with van der Waals surface area (Å²) in [6, 6.07) is 19.1. The number of methoxy groups -OCH3 is 1. The van der Waals surface area contributed by atoms with Crippen molar-refractivity contribution in [3.63, 3.8) is 0 Å². The van der Waals surface area contributed by atoms with Crippen LogP contribution in [0.3, 0.4) is 0 Å². The standard InChI is InChI=1S/C51H58F3N7O13/c1-68-25-26-69-27-30-71-39-13-6-12-36-35(39)11-7-14-40(36)72-31-28-70-29-32-74-46(65)20-10-18-44(63)58-42-16-8-15-41(56-42)57-43(62)17-9-19-45(64)73-24-5-3-2-4-23-61-38-22-21-34(51(52,53)54)33-37(38)55-47-48(61)59-50(67)60-49(47)66/h6-8,11-16,21-22,33H,2-5,9-10,17-20,23-32H2,1H3,(H,60,66,67)(H2,56,57,58,62,63). The maximum absolute atomic E-state index is 13.4. The zero-order valence-corrected chi connectivity index (χ0v) is 40.8. The van der Waals surface area contributed by atoms with Gasteiger partial charge in [0, 0.05) is 50.1 Å². The number of H-pyrrole nitrogens is 1. The lowest BCUT2D eigenvalue weighted by Crippen LogP contribution is -2.29. The van der Waals surface area contributed by atoms with Crippen molar-refractivity contribution in [3.8, 4) is 23.0 Å². The molecule has 396 valence electrons. The Morgan fingerprint density at radius 3 is 1.78 bits per heavy atom. The van der Waals surface area contributed by atoms with Crippen LogP contribution in [0.15, 0.2) is 82.4 Å². The summed E-state index contributed by atoms with van der Waals surface area (Å²) in [5.41, 5.74) is -2.74. The molecule has 0 atom stereocenters. The first-order valence-corrected chi connectivity index (χ1v) is 24.1. The highest BCUT2D eigenvalue weighted by Gasteiger charge is 2.31. The number of benzene rings is 3. The van der Waals surface area contributed by atoms with Gasteiger partial charge in [-0.25, -0.2) is 14.8 Å². The van der Waals surface area contributed by atoms with Crippen LogP contribution in [0.5, 0.6) is 11.5 Å². The molecule has 0 unspecified atom stereocenters. The fourth-order valence-electron chi connectivity index (χ4n) is 7.52. The fraction of sp³-hybridized carbons (Fsp3) is 0.431. The van der Waals surface area contributed by atoms with Gasteiger partial charge < -0.3 is 48.4 Å². The lowest BCUT2D eigenvalue weighted by molar-refractivity contribution is -0.145. The summed E-state index contributed by atoms with van der Waals surface area (Å²) in [6.07, 6.45) is -1.85. The van der Waals surface area contributed by atoms with E-state index < -0.39 is 40.8 Å². The second-order valence-corrected chi connectivity index (χ2v) is 16.6. The molecule has 0 spiro atoms. The number of rotatable bonds is 31. The number of nitrogens with one attached hydrogen (secondary N) is 3. The third-order valence-corrected chi connectivity index (χ3v) is 11.1. The second-order valence-electron chi connectivity index (χ2n) is 16.6. The van der Waals surface area contributed by atoms with Crippen LogP contribution in [0.4, 0.5) is 24.8 Å². The van der Waals surface area contributed by atoms with Gasteiger partial charge in [0.05, 0.1) is 56.2 Å². The second kappa shape index (κ2) is 28.7. The van der Waals surface area contributed by atoms with Crippen LogP contribution in [0.2, 0.25) is 0 Å². The van der Waals surface area contributed by atoms with Gasteiger partial charge in [0.25, 0.3) is 5.56 Å². The Morgan fingerprint density at radius 2 is 1.18 bits per heavy atom. The average molecular weight is 1030 g/mol. The molecular weight excluding hydrogens is 976 g/mol. The van der Waals surface area contributed by atoms with Crippen molar-refractivity contribution in [2.24, 2.45) is 0 Å². The number of alkyl halides is 3. The largest absolute Gasteiger partial charge is 0.491 e. The molecule has 74 heavy (non-hydrogen) atoms. The number of halogens is 3. The smallest absolute Gasteiger partial charge is 0.416 e. The van der Waals surface area contributed by atoms with Crippen LogP contribution < -0.4 is 31.4 Å². The van der Waals surface area contributed by atoms with E-state index >= 15 is 0 Å². The first-order chi connectivity index (χ1) is 35.8. The molecule has 3 heterocycles. The number of amides is 2. The topological polar surface area (TPSA) is 250 Å². The maximum Gasteiger partial charge on any atom is 0.416 e. The third kappa shape index (κ3) is 17.6. The number of fused-ring (bicyclic) bond motifs is 3. The van der Waals surface area contributed by atoms with E-state index in [0.29, 0.717) is 57.9 Å². The number of carbonyl (C=O) groups is 4. The molecule has 3 N–H and O–H groups in total. The lowest BCUT2D eigenvalue weighted by atomic mass is 10.1. The van der Waals surface area contributed by atoms with E-state index in [1.54, 1.807) is 25.3 Å². The number of hydrogen-bond donors (Lipinski definition) is 3. The lowest BCUT2D eigenvalue weighted by Gasteiger charge is -2.17. The monoisotopic (exact) mass is 1030 g/mol. The van der Waals surface area contributed by atoms with Crippen molar-refractivity contribution >= 4 is 57.2 Å². The molecule has 0 bridgehead atoms. The van der Waals surface area contributed by atoms with Crippen molar-refractivity contribution in [1.82, 2.24) is 24.5 Å². The molecule has 6 rings (SSSR count). The number of pyridine rings is 1. The number of carbonyl (C=O) groups excluding carboxylic acids is 4. The summed E-state index contributed by atoms with van der Waals surface area (Å²) < 4.78 is 80.1. The van der Waals surface area contributed by atoms with Gasteiger partial charge in [0.1, 0.15) is 43.0 Å². The van der Waals surface area contributed by atoms with Crippen molar-refractivity contribution < 1.29 is 65.5 Å². The van der Waals surface area contributed by atoms with Crippen molar-refractivity contribution in [1.29, 1.82) is 0 Å². The predicted octanol–water partition coefficient (Wildman–Crippen LogP) is 6.85. The maximum atomic E-state index is 13.4. The van der Waals surface area contributed by atoms with Gasteiger partial charge in [-0.15, -0.1) is 0 Å². The molecule has 0 saturated carbocycles. The summed E-state index contributed by atoms with van der Waals surface area (Å²) >= 11 is 0. The fourth-order valence-corrected chi connectivity index (χ4v) is 7.52. The van der Waals surface area contributed by atoms with Gasteiger partial charge in [-0.1, -0.05) is 36.8 Å². The van der Waals surface area contributed by atoms with Gasteiger partial charge in [0.15, 0.2) is 11.5 Å². The van der Waals surface area contributed by atoms with Crippen molar-refractivity contribution in [3.05, 3.63) is 99.2 Å². The molecule has 2 aliphatic rings. The Labute approximate surface area is 422 Å². The number of anilines is 2. The number of aryl methyl sites for hydroxylation is 1. The van der Waals surface area contributed by atoms with E-state index in [1.807, 2.05) is 41.4 Å². The van der Waals surface area contributed by atoms with Crippen LogP contribution in [0, 0.1) is 0 Å². The molecule has 3 aromatic carbocycles. The van der Waals surface area contributed by atoms with Gasteiger partial charge in [-0.3, -0.25) is 29.0 Å². The number of aromatic amines is 1. The number of hydrogen-bond acceptors (Lipinski definition) is 16. The van der Waals surface area contributed by atoms with Gasteiger partial charge >= 0.3 is 23.8 Å². The normalized spacial score (nSPS) is 11.5. The molecule has 0 radical (unpaired) electrons. The zero-order valence-electron chi connectivity index (χ0n) is 40.8. The van der Waals surface area contributed by atoms with E-state index in [-0.39, 0.29) is 118 Å². The highest BCUT2D eigenvalue weighted by molar-refractivity contribution is 5.93. The SMILES string of the molecule is COCCOCCOc1cccc2c(OCCOCCOC(=O)CCCC(=O)Nc3cccc(NC(=O)CCCC(=O)OCCCCCCn4c5nc(=O)[nH]c(=O)c-5nc5cc(C(F)(F)F)ccc54)n3)cccc12. The Hall–Kier alpha value is -7.50. The van der Waals surface area contributed by atoms with Crippen LogP contribution in [0.1, 0.15) is 69.8 Å². The van der Waals surface area contributed by atoms with Crippen LogP contribution >= 0.6 is 0 Å². The minimum atomic E-state index is -4.62. The van der Waals surface area contributed by atoms with E-state index in [9.17, 15) is 41.9 Å². The van der Waals surface area contributed by atoms with Crippen molar-refractivity contribution in [2.75, 3.05) is 77.2 Å². The molecule has 23 heteroatoms. The third-order valence-electron chi connectivity index (χ3n) is 11.1. The van der Waals surface area contributed by atoms with Gasteiger partial charge in [-0.05, 0) is 74.6 Å². The van der Waals surface area contributed by atoms with E-state index in [2.05, 4.69) is 25.6 Å².